The Labute approximate surface area is 119 Å². The lowest BCUT2D eigenvalue weighted by Gasteiger charge is -2.53. The number of piperidine rings is 1. The lowest BCUT2D eigenvalue weighted by atomic mass is 9.77. The summed E-state index contributed by atoms with van der Waals surface area (Å²) in [7, 11) is 4.60. The van der Waals surface area contributed by atoms with Crippen LogP contribution < -0.4 is 5.73 Å². The van der Waals surface area contributed by atoms with Gasteiger partial charge in [-0.15, -0.1) is 0 Å². The second-order valence-electron chi connectivity index (χ2n) is 8.04. The summed E-state index contributed by atoms with van der Waals surface area (Å²) in [6.07, 6.45) is 5.21. The van der Waals surface area contributed by atoms with Gasteiger partial charge in [0.15, 0.2) is 0 Å². The van der Waals surface area contributed by atoms with Crippen LogP contribution in [0.15, 0.2) is 0 Å². The monoisotopic (exact) mass is 267 g/mol. The quantitative estimate of drug-likeness (QED) is 0.851. The summed E-state index contributed by atoms with van der Waals surface area (Å²) in [5.74, 6) is 0. The van der Waals surface area contributed by atoms with Crippen molar-refractivity contribution in [3.8, 4) is 0 Å². The van der Waals surface area contributed by atoms with Crippen molar-refractivity contribution in [1.29, 1.82) is 0 Å². The van der Waals surface area contributed by atoms with Gasteiger partial charge in [-0.3, -0.25) is 4.90 Å². The summed E-state index contributed by atoms with van der Waals surface area (Å²) in [5, 5.41) is 0. The first-order valence-corrected chi connectivity index (χ1v) is 7.86. The third-order valence-electron chi connectivity index (χ3n) is 6.18. The standard InChI is InChI=1S/C16H33N3/c1-12(15(2,3)4)19(6)16(11-17)9-13-7-8-14(10-16)18(13)5/h12-14H,7-11,17H2,1-6H3. The van der Waals surface area contributed by atoms with Crippen molar-refractivity contribution < 1.29 is 0 Å². The van der Waals surface area contributed by atoms with Crippen molar-refractivity contribution >= 4 is 0 Å². The molecule has 2 aliphatic heterocycles. The molecule has 19 heavy (non-hydrogen) atoms. The van der Waals surface area contributed by atoms with Gasteiger partial charge >= 0.3 is 0 Å². The summed E-state index contributed by atoms with van der Waals surface area (Å²) in [5.41, 5.74) is 6.78. The van der Waals surface area contributed by atoms with Crippen LogP contribution in [0.5, 0.6) is 0 Å². The molecular formula is C16H33N3. The number of likely N-dealkylation sites (N-methyl/N-ethyl adjacent to an activating group) is 1. The predicted octanol–water partition coefficient (Wildman–Crippen LogP) is 2.31. The Morgan fingerprint density at radius 3 is 2.11 bits per heavy atom. The molecule has 2 saturated heterocycles. The third kappa shape index (κ3) is 2.57. The number of hydrogen-bond acceptors (Lipinski definition) is 3. The first-order chi connectivity index (χ1) is 8.71. The highest BCUT2D eigenvalue weighted by Crippen LogP contribution is 2.43. The molecule has 3 atom stereocenters. The number of rotatable bonds is 3. The average molecular weight is 267 g/mol. The first-order valence-electron chi connectivity index (χ1n) is 7.86. The van der Waals surface area contributed by atoms with Crippen molar-refractivity contribution in [2.24, 2.45) is 11.1 Å². The van der Waals surface area contributed by atoms with Crippen molar-refractivity contribution in [3.63, 3.8) is 0 Å². The highest BCUT2D eigenvalue weighted by Gasteiger charge is 2.49. The molecule has 2 fully saturated rings. The molecule has 2 aliphatic rings. The fraction of sp³-hybridized carbons (Fsp3) is 1.00. The van der Waals surface area contributed by atoms with E-state index in [-0.39, 0.29) is 5.54 Å². The van der Waals surface area contributed by atoms with Crippen LogP contribution in [0.3, 0.4) is 0 Å². The molecule has 0 saturated carbocycles. The first kappa shape index (κ1) is 15.3. The molecular weight excluding hydrogens is 234 g/mol. The summed E-state index contributed by atoms with van der Waals surface area (Å²) >= 11 is 0. The SMILES string of the molecule is CC(N(C)C1(CN)CC2CCC(C1)N2C)C(C)(C)C. The number of nitrogens with zero attached hydrogens (tertiary/aromatic N) is 2. The van der Waals surface area contributed by atoms with Crippen LogP contribution in [0, 0.1) is 5.41 Å². The van der Waals surface area contributed by atoms with E-state index >= 15 is 0 Å². The van der Waals surface area contributed by atoms with E-state index in [1.54, 1.807) is 0 Å². The van der Waals surface area contributed by atoms with Gasteiger partial charge in [0.1, 0.15) is 0 Å². The van der Waals surface area contributed by atoms with Gasteiger partial charge < -0.3 is 10.6 Å². The molecule has 112 valence electrons. The molecule has 3 nitrogen and oxygen atoms in total. The zero-order valence-corrected chi connectivity index (χ0v) is 13.7. The second kappa shape index (κ2) is 5.01. The van der Waals surface area contributed by atoms with Crippen LogP contribution in [0.2, 0.25) is 0 Å². The maximum Gasteiger partial charge on any atom is 0.0361 e. The van der Waals surface area contributed by atoms with Gasteiger partial charge in [0.2, 0.25) is 0 Å². The van der Waals surface area contributed by atoms with E-state index in [0.717, 1.165) is 18.6 Å². The molecule has 2 heterocycles. The fourth-order valence-corrected chi connectivity index (χ4v) is 4.13. The molecule has 0 amide bonds. The molecule has 2 bridgehead atoms. The van der Waals surface area contributed by atoms with Gasteiger partial charge in [-0.05, 0) is 52.1 Å². The zero-order valence-electron chi connectivity index (χ0n) is 13.7. The number of nitrogens with two attached hydrogens (primary N) is 1. The van der Waals surface area contributed by atoms with Crippen LogP contribution in [-0.4, -0.2) is 54.1 Å². The van der Waals surface area contributed by atoms with E-state index in [2.05, 4.69) is 51.6 Å². The van der Waals surface area contributed by atoms with Crippen LogP contribution in [-0.2, 0) is 0 Å². The van der Waals surface area contributed by atoms with E-state index in [1.807, 2.05) is 0 Å². The van der Waals surface area contributed by atoms with E-state index in [4.69, 9.17) is 5.73 Å². The topological polar surface area (TPSA) is 32.5 Å². The Bertz CT molecular complexity index is 306. The van der Waals surface area contributed by atoms with Gasteiger partial charge in [0.25, 0.3) is 0 Å². The normalized spacial score (nSPS) is 37.9. The maximum atomic E-state index is 6.26. The molecule has 2 rings (SSSR count). The van der Waals surface area contributed by atoms with Gasteiger partial charge in [0.05, 0.1) is 0 Å². The molecule has 0 aromatic rings. The summed E-state index contributed by atoms with van der Waals surface area (Å²) in [6, 6.07) is 2.05. The summed E-state index contributed by atoms with van der Waals surface area (Å²) < 4.78 is 0. The van der Waals surface area contributed by atoms with Gasteiger partial charge in [0, 0.05) is 30.2 Å². The van der Waals surface area contributed by atoms with E-state index in [0.29, 0.717) is 11.5 Å². The summed E-state index contributed by atoms with van der Waals surface area (Å²) in [6.45, 7) is 10.2. The lowest BCUT2D eigenvalue weighted by Crippen LogP contribution is -2.64. The van der Waals surface area contributed by atoms with Gasteiger partial charge in [-0.25, -0.2) is 0 Å². The van der Waals surface area contributed by atoms with Crippen LogP contribution in [0.25, 0.3) is 0 Å². The minimum absolute atomic E-state index is 0.213. The minimum Gasteiger partial charge on any atom is -0.329 e. The Morgan fingerprint density at radius 1 is 1.26 bits per heavy atom. The van der Waals surface area contributed by atoms with Crippen molar-refractivity contribution in [1.82, 2.24) is 9.80 Å². The maximum absolute atomic E-state index is 6.26. The number of fused-ring (bicyclic) bond motifs is 2. The molecule has 0 aliphatic carbocycles. The van der Waals surface area contributed by atoms with Gasteiger partial charge in [-0.1, -0.05) is 20.8 Å². The smallest absolute Gasteiger partial charge is 0.0361 e. The van der Waals surface area contributed by atoms with Crippen molar-refractivity contribution in [3.05, 3.63) is 0 Å². The molecule has 0 spiro atoms. The minimum atomic E-state index is 0.213. The van der Waals surface area contributed by atoms with Gasteiger partial charge in [-0.2, -0.15) is 0 Å². The highest BCUT2D eigenvalue weighted by molar-refractivity contribution is 5.07. The molecule has 0 radical (unpaired) electrons. The van der Waals surface area contributed by atoms with Crippen LogP contribution in [0.1, 0.15) is 53.4 Å². The van der Waals surface area contributed by atoms with Crippen molar-refractivity contribution in [2.75, 3.05) is 20.6 Å². The van der Waals surface area contributed by atoms with Crippen molar-refractivity contribution in [2.45, 2.75) is 77.0 Å². The molecule has 0 aromatic heterocycles. The fourth-order valence-electron chi connectivity index (χ4n) is 4.13. The molecule has 2 N–H and O–H groups in total. The van der Waals surface area contributed by atoms with E-state index in [1.165, 1.54) is 25.7 Å². The molecule has 3 unspecified atom stereocenters. The second-order valence-corrected chi connectivity index (χ2v) is 8.04. The number of hydrogen-bond donors (Lipinski definition) is 1. The van der Waals surface area contributed by atoms with E-state index in [9.17, 15) is 0 Å². The zero-order chi connectivity index (χ0) is 14.4. The Kier molecular flexibility index (Phi) is 4.03. The van der Waals surface area contributed by atoms with Crippen LogP contribution in [0.4, 0.5) is 0 Å². The highest BCUT2D eigenvalue weighted by atomic mass is 15.3. The largest absolute Gasteiger partial charge is 0.329 e. The molecule has 0 aromatic carbocycles. The lowest BCUT2D eigenvalue weighted by molar-refractivity contribution is -0.0293. The third-order valence-corrected chi connectivity index (χ3v) is 6.18. The Balaban J connectivity index is 2.20. The van der Waals surface area contributed by atoms with Crippen LogP contribution >= 0.6 is 0 Å². The molecule has 3 heteroatoms. The Hall–Kier alpha value is -0.120. The van der Waals surface area contributed by atoms with E-state index < -0.39 is 0 Å². The predicted molar refractivity (Wildman–Crippen MR) is 82.3 cm³/mol. The summed E-state index contributed by atoms with van der Waals surface area (Å²) in [4.78, 5) is 5.20. The average Bonchev–Trinajstić information content (AvgIpc) is 2.58. The Morgan fingerprint density at radius 2 is 1.74 bits per heavy atom.